The van der Waals surface area contributed by atoms with E-state index in [4.69, 9.17) is 14.2 Å². The number of hydrogen-bond donors (Lipinski definition) is 1. The van der Waals surface area contributed by atoms with E-state index in [1.807, 2.05) is 39.8 Å². The molecule has 0 radical (unpaired) electrons. The standard InChI is InChI=1S/C27H33FN4O4/c1-5-35-25-17-24(31-11-13-34-14-12-31)26(36-6-2)16-23(25)29-27(33)15-22-18(3)30-32(19(22)4)21-9-7-20(28)8-10-21/h7-10,16-17H,5-6,11-15H2,1-4H3,(H,29,33). The van der Waals surface area contributed by atoms with E-state index in [2.05, 4.69) is 15.3 Å². The number of carbonyl (C=O) groups is 1. The van der Waals surface area contributed by atoms with Gasteiger partial charge in [0, 0.05) is 36.5 Å². The van der Waals surface area contributed by atoms with E-state index < -0.39 is 0 Å². The van der Waals surface area contributed by atoms with Gasteiger partial charge in [-0.1, -0.05) is 0 Å². The molecule has 8 nitrogen and oxygen atoms in total. The molecule has 1 saturated heterocycles. The highest BCUT2D eigenvalue weighted by Crippen LogP contribution is 2.39. The Morgan fingerprint density at radius 1 is 1.06 bits per heavy atom. The lowest BCUT2D eigenvalue weighted by Crippen LogP contribution is -2.36. The van der Waals surface area contributed by atoms with Gasteiger partial charge in [-0.3, -0.25) is 4.79 Å². The van der Waals surface area contributed by atoms with E-state index in [0.29, 0.717) is 43.6 Å². The number of ether oxygens (including phenoxy) is 3. The first kappa shape index (κ1) is 25.5. The van der Waals surface area contributed by atoms with Crippen molar-refractivity contribution in [2.45, 2.75) is 34.1 Å². The van der Waals surface area contributed by atoms with Crippen LogP contribution in [0.15, 0.2) is 36.4 Å². The largest absolute Gasteiger partial charge is 0.492 e. The maximum Gasteiger partial charge on any atom is 0.229 e. The Labute approximate surface area is 211 Å². The first-order chi connectivity index (χ1) is 17.4. The number of aryl methyl sites for hydroxylation is 1. The minimum absolute atomic E-state index is 0.139. The molecule has 1 aliphatic rings. The van der Waals surface area contributed by atoms with Gasteiger partial charge in [-0.2, -0.15) is 5.10 Å². The predicted octanol–water partition coefficient (Wildman–Crippen LogP) is 4.44. The maximum atomic E-state index is 13.4. The van der Waals surface area contributed by atoms with Crippen molar-refractivity contribution in [1.82, 2.24) is 9.78 Å². The number of rotatable bonds is 9. The zero-order chi connectivity index (χ0) is 25.7. The Bertz CT molecular complexity index is 1200. The van der Waals surface area contributed by atoms with Gasteiger partial charge in [-0.25, -0.2) is 9.07 Å². The summed E-state index contributed by atoms with van der Waals surface area (Å²) in [7, 11) is 0. The molecule has 0 saturated carbocycles. The number of nitrogens with zero attached hydrogens (tertiary/aromatic N) is 3. The number of morpholine rings is 1. The third kappa shape index (κ3) is 5.62. The lowest BCUT2D eigenvalue weighted by molar-refractivity contribution is -0.115. The number of anilines is 2. The molecule has 1 aromatic heterocycles. The molecular weight excluding hydrogens is 463 g/mol. The molecule has 0 bridgehead atoms. The van der Waals surface area contributed by atoms with Gasteiger partial charge in [0.15, 0.2) is 0 Å². The van der Waals surface area contributed by atoms with E-state index in [9.17, 15) is 9.18 Å². The van der Waals surface area contributed by atoms with Crippen LogP contribution in [0.1, 0.15) is 30.8 Å². The molecule has 1 aliphatic heterocycles. The fourth-order valence-corrected chi connectivity index (χ4v) is 4.36. The first-order valence-corrected chi connectivity index (χ1v) is 12.3. The summed E-state index contributed by atoms with van der Waals surface area (Å²) in [5, 5.41) is 7.58. The average Bonchev–Trinajstić information content (AvgIpc) is 3.15. The summed E-state index contributed by atoms with van der Waals surface area (Å²) in [6, 6.07) is 9.88. The van der Waals surface area contributed by atoms with Crippen LogP contribution in [0.3, 0.4) is 0 Å². The number of amides is 1. The molecule has 0 unspecified atom stereocenters. The summed E-state index contributed by atoms with van der Waals surface area (Å²) in [6.07, 6.45) is 0.139. The van der Waals surface area contributed by atoms with Crippen molar-refractivity contribution in [3.63, 3.8) is 0 Å². The van der Waals surface area contributed by atoms with Crippen LogP contribution in [0, 0.1) is 19.7 Å². The van der Waals surface area contributed by atoms with Gasteiger partial charge in [0.05, 0.1) is 55.6 Å². The Morgan fingerprint density at radius 3 is 2.39 bits per heavy atom. The van der Waals surface area contributed by atoms with E-state index in [1.54, 1.807) is 16.8 Å². The second-order valence-corrected chi connectivity index (χ2v) is 8.54. The Kier molecular flexibility index (Phi) is 8.10. The van der Waals surface area contributed by atoms with Crippen LogP contribution in [-0.2, 0) is 16.0 Å². The van der Waals surface area contributed by atoms with Crippen molar-refractivity contribution in [2.75, 3.05) is 49.7 Å². The number of carbonyl (C=O) groups excluding carboxylic acids is 1. The summed E-state index contributed by atoms with van der Waals surface area (Å²) in [4.78, 5) is 15.4. The minimum Gasteiger partial charge on any atom is -0.492 e. The maximum absolute atomic E-state index is 13.4. The van der Waals surface area contributed by atoms with Crippen molar-refractivity contribution in [3.05, 3.63) is 59.2 Å². The van der Waals surface area contributed by atoms with Crippen molar-refractivity contribution in [2.24, 2.45) is 0 Å². The molecule has 1 amide bonds. The smallest absolute Gasteiger partial charge is 0.229 e. The number of benzene rings is 2. The Morgan fingerprint density at radius 2 is 1.72 bits per heavy atom. The molecule has 192 valence electrons. The summed E-state index contributed by atoms with van der Waals surface area (Å²) in [5.74, 6) is 0.777. The number of halogens is 1. The molecule has 9 heteroatoms. The van der Waals surface area contributed by atoms with Crippen LogP contribution in [-0.4, -0.2) is 55.2 Å². The third-order valence-electron chi connectivity index (χ3n) is 6.14. The monoisotopic (exact) mass is 496 g/mol. The van der Waals surface area contributed by atoms with Crippen molar-refractivity contribution in [1.29, 1.82) is 0 Å². The Hall–Kier alpha value is -3.59. The van der Waals surface area contributed by atoms with E-state index in [0.717, 1.165) is 41.4 Å². The summed E-state index contributed by atoms with van der Waals surface area (Å²) < 4.78 is 32.4. The van der Waals surface area contributed by atoms with Gasteiger partial charge >= 0.3 is 0 Å². The molecule has 1 N–H and O–H groups in total. The van der Waals surface area contributed by atoms with Crippen LogP contribution >= 0.6 is 0 Å². The highest BCUT2D eigenvalue weighted by atomic mass is 19.1. The molecule has 2 aromatic carbocycles. The molecular formula is C27H33FN4O4. The molecule has 1 fully saturated rings. The lowest BCUT2D eigenvalue weighted by Gasteiger charge is -2.31. The van der Waals surface area contributed by atoms with Crippen LogP contribution in [0.25, 0.3) is 5.69 Å². The summed E-state index contributed by atoms with van der Waals surface area (Å²) in [6.45, 7) is 11.4. The molecule has 0 aliphatic carbocycles. The third-order valence-corrected chi connectivity index (χ3v) is 6.14. The van der Waals surface area contributed by atoms with Gasteiger partial charge in [0.25, 0.3) is 0 Å². The highest BCUT2D eigenvalue weighted by Gasteiger charge is 2.22. The van der Waals surface area contributed by atoms with Gasteiger partial charge in [0.1, 0.15) is 17.3 Å². The SMILES string of the molecule is CCOc1cc(N2CCOCC2)c(OCC)cc1NC(=O)Cc1c(C)nn(-c2ccc(F)cc2)c1C. The van der Waals surface area contributed by atoms with Crippen molar-refractivity contribution < 1.29 is 23.4 Å². The second-order valence-electron chi connectivity index (χ2n) is 8.54. The highest BCUT2D eigenvalue weighted by molar-refractivity contribution is 5.95. The van der Waals surface area contributed by atoms with E-state index >= 15 is 0 Å². The van der Waals surface area contributed by atoms with Crippen molar-refractivity contribution in [3.8, 4) is 17.2 Å². The van der Waals surface area contributed by atoms with Gasteiger partial charge in [-0.15, -0.1) is 0 Å². The number of hydrogen-bond acceptors (Lipinski definition) is 6. The molecule has 0 spiro atoms. The minimum atomic E-state index is -0.309. The summed E-state index contributed by atoms with van der Waals surface area (Å²) >= 11 is 0. The van der Waals surface area contributed by atoms with Gasteiger partial charge < -0.3 is 24.4 Å². The molecule has 4 rings (SSSR count). The average molecular weight is 497 g/mol. The van der Waals surface area contributed by atoms with Gasteiger partial charge in [-0.05, 0) is 52.0 Å². The fourth-order valence-electron chi connectivity index (χ4n) is 4.36. The zero-order valence-electron chi connectivity index (χ0n) is 21.3. The summed E-state index contributed by atoms with van der Waals surface area (Å²) in [5.41, 5.74) is 4.62. The lowest BCUT2D eigenvalue weighted by atomic mass is 10.1. The molecule has 3 aromatic rings. The fraction of sp³-hybridized carbons (Fsp3) is 0.407. The van der Waals surface area contributed by atoms with E-state index in [-0.39, 0.29) is 18.1 Å². The predicted molar refractivity (Wildman–Crippen MR) is 137 cm³/mol. The van der Waals surface area contributed by atoms with Crippen LogP contribution in [0.4, 0.5) is 15.8 Å². The normalized spacial score (nSPS) is 13.5. The van der Waals surface area contributed by atoms with Crippen LogP contribution in [0.5, 0.6) is 11.5 Å². The molecule has 2 heterocycles. The second kappa shape index (κ2) is 11.4. The quantitative estimate of drug-likeness (QED) is 0.472. The molecule has 36 heavy (non-hydrogen) atoms. The van der Waals surface area contributed by atoms with Gasteiger partial charge in [0.2, 0.25) is 5.91 Å². The van der Waals surface area contributed by atoms with Crippen molar-refractivity contribution >= 4 is 17.3 Å². The molecule has 0 atom stereocenters. The zero-order valence-corrected chi connectivity index (χ0v) is 21.3. The first-order valence-electron chi connectivity index (χ1n) is 12.3. The number of nitrogens with one attached hydrogen (secondary N) is 1. The number of aromatic nitrogens is 2. The van der Waals surface area contributed by atoms with Crippen LogP contribution in [0.2, 0.25) is 0 Å². The van der Waals surface area contributed by atoms with Crippen LogP contribution < -0.4 is 19.7 Å². The Balaban J connectivity index is 1.58. The van der Waals surface area contributed by atoms with E-state index in [1.165, 1.54) is 12.1 Å². The topological polar surface area (TPSA) is 77.8 Å².